The molecule has 1 aliphatic carbocycles. The fourth-order valence-electron chi connectivity index (χ4n) is 3.86. The molecule has 1 aromatic heterocycles. The molecule has 2 aromatic carbocycles. The Kier molecular flexibility index (Phi) is 7.51. The summed E-state index contributed by atoms with van der Waals surface area (Å²) in [6.07, 6.45) is 3.62. The summed E-state index contributed by atoms with van der Waals surface area (Å²) in [5.74, 6) is -1.61. The van der Waals surface area contributed by atoms with Crippen LogP contribution in [0.1, 0.15) is 49.6 Å². The number of benzene rings is 2. The standard InChI is InChI=1S/C25H23N3O6S/c29-21(15-34-25(31)17-10-12-18(13-11-17)28(32)33)27-24-22(19-8-4-5-9-20(19)35-24)23(30)26-14-16-6-2-1-3-7-16/h1-3,6-7,10-13H,4-5,8-9,14-15H2,(H,26,30)(H,27,29). The van der Waals surface area contributed by atoms with Gasteiger partial charge in [-0.15, -0.1) is 11.3 Å². The number of nitrogens with one attached hydrogen (secondary N) is 2. The Morgan fingerprint density at radius 3 is 2.43 bits per heavy atom. The van der Waals surface area contributed by atoms with Crippen molar-refractivity contribution in [3.05, 3.63) is 91.8 Å². The van der Waals surface area contributed by atoms with Crippen molar-refractivity contribution in [3.63, 3.8) is 0 Å². The van der Waals surface area contributed by atoms with Gasteiger partial charge in [0.05, 0.1) is 16.1 Å². The average Bonchev–Trinajstić information content (AvgIpc) is 3.24. The van der Waals surface area contributed by atoms with Crippen molar-refractivity contribution in [1.29, 1.82) is 0 Å². The number of anilines is 1. The van der Waals surface area contributed by atoms with Crippen LogP contribution in [0.3, 0.4) is 0 Å². The lowest BCUT2D eigenvalue weighted by Crippen LogP contribution is -2.26. The first kappa shape index (κ1) is 24.1. The second-order valence-electron chi connectivity index (χ2n) is 8.01. The molecule has 0 spiro atoms. The SMILES string of the molecule is O=C(COC(=O)c1ccc([N+](=O)[O-])cc1)Nc1sc2c(c1C(=O)NCc1ccccc1)CCCC2. The molecule has 9 nitrogen and oxygen atoms in total. The number of nitro groups is 1. The molecule has 2 amide bonds. The number of carbonyl (C=O) groups is 3. The van der Waals surface area contributed by atoms with Crippen LogP contribution >= 0.6 is 11.3 Å². The molecule has 0 bridgehead atoms. The molecule has 3 aromatic rings. The Bertz CT molecular complexity index is 1250. The molecule has 0 atom stereocenters. The minimum absolute atomic E-state index is 0.0935. The maximum Gasteiger partial charge on any atom is 0.338 e. The van der Waals surface area contributed by atoms with Crippen molar-refractivity contribution < 1.29 is 24.0 Å². The zero-order valence-corrected chi connectivity index (χ0v) is 19.6. The van der Waals surface area contributed by atoms with Crippen molar-refractivity contribution in [2.45, 2.75) is 32.2 Å². The number of aryl methyl sites for hydroxylation is 1. The van der Waals surface area contributed by atoms with Gasteiger partial charge in [-0.3, -0.25) is 19.7 Å². The van der Waals surface area contributed by atoms with Gasteiger partial charge in [-0.05, 0) is 48.9 Å². The number of carbonyl (C=O) groups excluding carboxylic acids is 3. The van der Waals surface area contributed by atoms with Crippen molar-refractivity contribution in [1.82, 2.24) is 5.32 Å². The highest BCUT2D eigenvalue weighted by Gasteiger charge is 2.26. The van der Waals surface area contributed by atoms with E-state index >= 15 is 0 Å². The lowest BCUT2D eigenvalue weighted by Gasteiger charge is -2.13. The van der Waals surface area contributed by atoms with Crippen molar-refractivity contribution in [3.8, 4) is 0 Å². The van der Waals surface area contributed by atoms with Gasteiger partial charge in [0.15, 0.2) is 6.61 Å². The Labute approximate surface area is 205 Å². The molecule has 180 valence electrons. The summed E-state index contributed by atoms with van der Waals surface area (Å²) in [4.78, 5) is 49.1. The molecule has 0 aliphatic heterocycles. The van der Waals surface area contributed by atoms with Gasteiger partial charge in [0, 0.05) is 23.6 Å². The van der Waals surface area contributed by atoms with E-state index in [2.05, 4.69) is 10.6 Å². The third kappa shape index (κ3) is 5.90. The van der Waals surface area contributed by atoms with Crippen LogP contribution in [0.4, 0.5) is 10.7 Å². The van der Waals surface area contributed by atoms with Crippen molar-refractivity contribution in [2.75, 3.05) is 11.9 Å². The average molecular weight is 494 g/mol. The van der Waals surface area contributed by atoms with E-state index in [4.69, 9.17) is 4.74 Å². The van der Waals surface area contributed by atoms with E-state index in [0.717, 1.165) is 41.7 Å². The number of nitro benzene ring substituents is 1. The maximum absolute atomic E-state index is 13.1. The largest absolute Gasteiger partial charge is 0.452 e. The lowest BCUT2D eigenvalue weighted by molar-refractivity contribution is -0.384. The first-order valence-corrected chi connectivity index (χ1v) is 11.9. The number of nitrogens with zero attached hydrogens (tertiary/aromatic N) is 1. The van der Waals surface area contributed by atoms with Crippen LogP contribution in [0, 0.1) is 10.1 Å². The fraction of sp³-hybridized carbons (Fsp3) is 0.240. The number of rotatable bonds is 8. The number of fused-ring (bicyclic) bond motifs is 1. The van der Waals surface area contributed by atoms with Gasteiger partial charge in [0.25, 0.3) is 17.5 Å². The smallest absolute Gasteiger partial charge is 0.338 e. The third-order valence-electron chi connectivity index (χ3n) is 5.60. The fourth-order valence-corrected chi connectivity index (χ4v) is 5.16. The van der Waals surface area contributed by atoms with Crippen LogP contribution in [-0.2, 0) is 28.9 Å². The van der Waals surface area contributed by atoms with E-state index in [1.54, 1.807) is 0 Å². The van der Waals surface area contributed by atoms with Gasteiger partial charge >= 0.3 is 5.97 Å². The molecule has 0 radical (unpaired) electrons. The number of hydrogen-bond acceptors (Lipinski definition) is 7. The lowest BCUT2D eigenvalue weighted by atomic mass is 9.95. The molecule has 35 heavy (non-hydrogen) atoms. The van der Waals surface area contributed by atoms with Crippen LogP contribution in [0.25, 0.3) is 0 Å². The predicted octanol–water partition coefficient (Wildman–Crippen LogP) is 4.26. The van der Waals surface area contributed by atoms with Crippen LogP contribution < -0.4 is 10.6 Å². The molecular formula is C25H23N3O6S. The highest BCUT2D eigenvalue weighted by molar-refractivity contribution is 7.17. The molecule has 0 fully saturated rings. The molecule has 1 heterocycles. The normalized spacial score (nSPS) is 12.3. The van der Waals surface area contributed by atoms with Crippen molar-refractivity contribution in [2.24, 2.45) is 0 Å². The van der Waals surface area contributed by atoms with Crippen LogP contribution in [0.15, 0.2) is 54.6 Å². The van der Waals surface area contributed by atoms with E-state index in [9.17, 15) is 24.5 Å². The number of ether oxygens (including phenoxy) is 1. The summed E-state index contributed by atoms with van der Waals surface area (Å²) in [7, 11) is 0. The minimum Gasteiger partial charge on any atom is -0.452 e. The minimum atomic E-state index is -0.777. The summed E-state index contributed by atoms with van der Waals surface area (Å²) < 4.78 is 5.05. The van der Waals surface area contributed by atoms with Crippen molar-refractivity contribution >= 4 is 39.8 Å². The molecule has 4 rings (SSSR count). The van der Waals surface area contributed by atoms with Gasteiger partial charge in [0.1, 0.15) is 5.00 Å². The van der Waals surface area contributed by atoms with Gasteiger partial charge in [-0.2, -0.15) is 0 Å². The highest BCUT2D eigenvalue weighted by atomic mass is 32.1. The highest BCUT2D eigenvalue weighted by Crippen LogP contribution is 2.38. The molecule has 2 N–H and O–H groups in total. The quantitative estimate of drug-likeness (QED) is 0.274. The Balaban J connectivity index is 1.41. The molecule has 1 aliphatic rings. The van der Waals surface area contributed by atoms with Crippen LogP contribution in [0.2, 0.25) is 0 Å². The molecule has 0 saturated heterocycles. The zero-order chi connectivity index (χ0) is 24.8. The van der Waals surface area contributed by atoms with Gasteiger partial charge < -0.3 is 15.4 Å². The monoisotopic (exact) mass is 493 g/mol. The number of amides is 2. The molecule has 10 heteroatoms. The number of non-ortho nitro benzene ring substituents is 1. The summed E-state index contributed by atoms with van der Waals surface area (Å²) in [6, 6.07) is 14.5. The third-order valence-corrected chi connectivity index (χ3v) is 6.80. The van der Waals surface area contributed by atoms with Gasteiger partial charge in [-0.1, -0.05) is 30.3 Å². The second-order valence-corrected chi connectivity index (χ2v) is 9.12. The summed E-state index contributed by atoms with van der Waals surface area (Å²) >= 11 is 1.38. The van der Waals surface area contributed by atoms with E-state index < -0.39 is 23.4 Å². The van der Waals surface area contributed by atoms with E-state index in [0.29, 0.717) is 17.1 Å². The van der Waals surface area contributed by atoms with Gasteiger partial charge in [0.2, 0.25) is 0 Å². The summed E-state index contributed by atoms with van der Waals surface area (Å²) in [5, 5.41) is 16.8. The first-order valence-electron chi connectivity index (χ1n) is 11.1. The number of hydrogen-bond donors (Lipinski definition) is 2. The Morgan fingerprint density at radius 2 is 1.71 bits per heavy atom. The second kappa shape index (κ2) is 10.9. The number of thiophene rings is 1. The topological polar surface area (TPSA) is 128 Å². The Morgan fingerprint density at radius 1 is 1.00 bits per heavy atom. The van der Waals surface area contributed by atoms with E-state index in [1.807, 2.05) is 30.3 Å². The molecule has 0 unspecified atom stereocenters. The van der Waals surface area contributed by atoms with E-state index in [-0.39, 0.29) is 17.2 Å². The maximum atomic E-state index is 13.1. The summed E-state index contributed by atoms with van der Waals surface area (Å²) in [6.45, 7) is -0.187. The molecule has 0 saturated carbocycles. The van der Waals surface area contributed by atoms with Crippen LogP contribution in [0.5, 0.6) is 0 Å². The van der Waals surface area contributed by atoms with Gasteiger partial charge in [-0.25, -0.2) is 4.79 Å². The Hall–Kier alpha value is -4.05. The van der Waals surface area contributed by atoms with Crippen LogP contribution in [-0.4, -0.2) is 29.3 Å². The molecular weight excluding hydrogens is 470 g/mol. The zero-order valence-electron chi connectivity index (χ0n) is 18.7. The first-order chi connectivity index (χ1) is 16.9. The van der Waals surface area contributed by atoms with E-state index in [1.165, 1.54) is 35.6 Å². The summed E-state index contributed by atoms with van der Waals surface area (Å²) in [5.41, 5.74) is 2.34. The number of esters is 1. The predicted molar refractivity (Wildman–Crippen MR) is 131 cm³/mol.